The molecule has 0 aliphatic carbocycles. The fraction of sp³-hybridized carbons (Fsp3) is 0. The highest BCUT2D eigenvalue weighted by atomic mass is 16.3. The Morgan fingerprint density at radius 1 is 0.515 bits per heavy atom. The van der Waals surface area contributed by atoms with Crippen molar-refractivity contribution >= 4 is 61.2 Å². The smallest absolute Gasteiger partial charge is 0.227 e. The Balaban J connectivity index is 1.48. The molecule has 0 atom stereocenters. The number of hydrogen-bond donors (Lipinski definition) is 0. The molecule has 33 heavy (non-hydrogen) atoms. The zero-order valence-corrected chi connectivity index (χ0v) is 17.5. The second-order valence-corrected chi connectivity index (χ2v) is 7.95. The molecule has 4 aromatic heterocycles. The lowest BCUT2D eigenvalue weighted by molar-refractivity contribution is 0.654. The van der Waals surface area contributed by atoms with Crippen LogP contribution in [-0.4, -0.2) is 9.97 Å². The molecule has 0 saturated carbocycles. The Bertz CT molecular complexity index is 1670. The topological polar surface area (TPSA) is 55.3 Å². The zero-order chi connectivity index (χ0) is 21.8. The van der Waals surface area contributed by atoms with E-state index in [4.69, 9.17) is 8.83 Å². The SMILES string of the molecule is c1ccc(N(c2ccc3oc4ncccc4c3c2)c2cnc3oc4ccccc4c3c2)cc1. The summed E-state index contributed by atoms with van der Waals surface area (Å²) in [5, 5.41) is 4.07. The number of benzene rings is 3. The van der Waals surface area contributed by atoms with Crippen LogP contribution < -0.4 is 4.90 Å². The Morgan fingerprint density at radius 2 is 1.24 bits per heavy atom. The van der Waals surface area contributed by atoms with Crippen molar-refractivity contribution < 1.29 is 8.83 Å². The first-order valence-corrected chi connectivity index (χ1v) is 10.7. The van der Waals surface area contributed by atoms with Crippen molar-refractivity contribution in [2.45, 2.75) is 0 Å². The van der Waals surface area contributed by atoms with Crippen molar-refractivity contribution in [1.29, 1.82) is 0 Å². The number of fused-ring (bicyclic) bond motifs is 6. The van der Waals surface area contributed by atoms with Gasteiger partial charge in [-0.25, -0.2) is 9.97 Å². The summed E-state index contributed by atoms with van der Waals surface area (Å²) in [6.07, 6.45) is 3.61. The molecule has 0 bridgehead atoms. The first kappa shape index (κ1) is 18.0. The van der Waals surface area contributed by atoms with Gasteiger partial charge in [-0.05, 0) is 54.6 Å². The van der Waals surface area contributed by atoms with E-state index in [1.165, 1.54) is 0 Å². The minimum absolute atomic E-state index is 0.635. The molecular weight excluding hydrogens is 410 g/mol. The molecule has 0 saturated heterocycles. The number of aromatic nitrogens is 2. The van der Waals surface area contributed by atoms with Crippen LogP contribution in [0.5, 0.6) is 0 Å². The molecule has 4 heterocycles. The van der Waals surface area contributed by atoms with Gasteiger partial charge in [-0.3, -0.25) is 0 Å². The lowest BCUT2D eigenvalue weighted by Crippen LogP contribution is -2.10. The highest BCUT2D eigenvalue weighted by Gasteiger charge is 2.17. The molecule has 0 aliphatic heterocycles. The predicted molar refractivity (Wildman–Crippen MR) is 131 cm³/mol. The van der Waals surface area contributed by atoms with Crippen molar-refractivity contribution in [3.05, 3.63) is 103 Å². The summed E-state index contributed by atoms with van der Waals surface area (Å²) in [5.74, 6) is 0. The van der Waals surface area contributed by atoms with Crippen LogP contribution in [-0.2, 0) is 0 Å². The Morgan fingerprint density at radius 3 is 2.15 bits per heavy atom. The number of rotatable bonds is 3. The molecular formula is C28H17N3O2. The largest absolute Gasteiger partial charge is 0.438 e. The number of nitrogens with zero attached hydrogens (tertiary/aromatic N) is 3. The molecule has 3 aromatic carbocycles. The summed E-state index contributed by atoms with van der Waals surface area (Å²) in [7, 11) is 0. The van der Waals surface area contributed by atoms with Crippen molar-refractivity contribution in [2.75, 3.05) is 4.90 Å². The third kappa shape index (κ3) is 2.79. The molecule has 0 spiro atoms. The maximum absolute atomic E-state index is 5.95. The standard InChI is InChI=1S/C28H17N3O2/c1-2-7-18(8-3-1)31(19-12-13-26-23(15-19)22-10-6-14-29-27(22)33-26)20-16-24-21-9-4-5-11-25(21)32-28(24)30-17-20/h1-17H. The average molecular weight is 427 g/mol. The first-order valence-electron chi connectivity index (χ1n) is 10.7. The van der Waals surface area contributed by atoms with Gasteiger partial charge in [-0.2, -0.15) is 0 Å². The van der Waals surface area contributed by atoms with Crippen LogP contribution in [0, 0.1) is 0 Å². The van der Waals surface area contributed by atoms with Gasteiger partial charge in [-0.15, -0.1) is 0 Å². The van der Waals surface area contributed by atoms with Crippen LogP contribution >= 0.6 is 0 Å². The van der Waals surface area contributed by atoms with Gasteiger partial charge in [0.2, 0.25) is 11.4 Å². The molecule has 0 amide bonds. The summed E-state index contributed by atoms with van der Waals surface area (Å²) in [4.78, 5) is 11.2. The second kappa shape index (κ2) is 6.93. The lowest BCUT2D eigenvalue weighted by Gasteiger charge is -2.25. The fourth-order valence-electron chi connectivity index (χ4n) is 4.48. The third-order valence-electron chi connectivity index (χ3n) is 5.98. The first-order chi connectivity index (χ1) is 16.3. The maximum atomic E-state index is 5.95. The van der Waals surface area contributed by atoms with Gasteiger partial charge in [0.1, 0.15) is 11.2 Å². The van der Waals surface area contributed by atoms with Crippen molar-refractivity contribution in [1.82, 2.24) is 9.97 Å². The minimum Gasteiger partial charge on any atom is -0.438 e. The normalized spacial score (nSPS) is 11.6. The molecule has 156 valence electrons. The maximum Gasteiger partial charge on any atom is 0.227 e. The molecule has 0 aliphatic rings. The Kier molecular flexibility index (Phi) is 3.78. The van der Waals surface area contributed by atoms with Gasteiger partial charge < -0.3 is 13.7 Å². The third-order valence-corrected chi connectivity index (χ3v) is 5.98. The highest BCUT2D eigenvalue weighted by molar-refractivity contribution is 6.07. The van der Waals surface area contributed by atoms with E-state index in [-0.39, 0.29) is 0 Å². The Hall–Kier alpha value is -4.64. The average Bonchev–Trinajstić information content (AvgIpc) is 3.43. The van der Waals surface area contributed by atoms with Gasteiger partial charge in [0.15, 0.2) is 0 Å². The quantitative estimate of drug-likeness (QED) is 0.289. The summed E-state index contributed by atoms with van der Waals surface area (Å²) in [6.45, 7) is 0. The van der Waals surface area contributed by atoms with Gasteiger partial charge >= 0.3 is 0 Å². The second-order valence-electron chi connectivity index (χ2n) is 7.95. The summed E-state index contributed by atoms with van der Waals surface area (Å²) in [5.41, 5.74) is 5.92. The number of pyridine rings is 2. The van der Waals surface area contributed by atoms with Gasteiger partial charge in [0, 0.05) is 33.7 Å². The number of hydrogen-bond acceptors (Lipinski definition) is 5. The van der Waals surface area contributed by atoms with E-state index in [1.54, 1.807) is 6.20 Å². The van der Waals surface area contributed by atoms with E-state index < -0.39 is 0 Å². The minimum atomic E-state index is 0.635. The molecule has 0 N–H and O–H groups in total. The highest BCUT2D eigenvalue weighted by Crippen LogP contribution is 2.39. The monoisotopic (exact) mass is 427 g/mol. The molecule has 0 fully saturated rings. The van der Waals surface area contributed by atoms with E-state index in [0.717, 1.165) is 49.8 Å². The van der Waals surface area contributed by atoms with Gasteiger partial charge in [-0.1, -0.05) is 36.4 Å². The van der Waals surface area contributed by atoms with Crippen molar-refractivity contribution in [3.63, 3.8) is 0 Å². The van der Waals surface area contributed by atoms with Crippen molar-refractivity contribution in [3.8, 4) is 0 Å². The molecule has 5 nitrogen and oxygen atoms in total. The van der Waals surface area contributed by atoms with E-state index in [1.807, 2.05) is 60.8 Å². The van der Waals surface area contributed by atoms with Crippen LogP contribution in [0.4, 0.5) is 17.1 Å². The fourth-order valence-corrected chi connectivity index (χ4v) is 4.48. The number of anilines is 3. The van der Waals surface area contributed by atoms with Crippen LogP contribution in [0.3, 0.4) is 0 Å². The molecule has 0 unspecified atom stereocenters. The van der Waals surface area contributed by atoms with Gasteiger partial charge in [0.05, 0.1) is 17.3 Å². The van der Waals surface area contributed by atoms with Crippen LogP contribution in [0.2, 0.25) is 0 Å². The van der Waals surface area contributed by atoms with Crippen LogP contribution in [0.25, 0.3) is 44.1 Å². The molecule has 7 rings (SSSR count). The van der Waals surface area contributed by atoms with E-state index >= 15 is 0 Å². The van der Waals surface area contributed by atoms with Crippen LogP contribution in [0.1, 0.15) is 0 Å². The summed E-state index contributed by atoms with van der Waals surface area (Å²) >= 11 is 0. The number of para-hydroxylation sites is 2. The summed E-state index contributed by atoms with van der Waals surface area (Å²) in [6, 6.07) is 30.6. The van der Waals surface area contributed by atoms with Gasteiger partial charge in [0.25, 0.3) is 0 Å². The Labute approximate surface area is 188 Å². The molecule has 5 heteroatoms. The lowest BCUT2D eigenvalue weighted by atomic mass is 10.1. The zero-order valence-electron chi connectivity index (χ0n) is 17.5. The number of furan rings is 2. The van der Waals surface area contributed by atoms with E-state index in [2.05, 4.69) is 51.3 Å². The van der Waals surface area contributed by atoms with E-state index in [0.29, 0.717) is 11.4 Å². The molecule has 0 radical (unpaired) electrons. The molecule has 7 aromatic rings. The van der Waals surface area contributed by atoms with Crippen molar-refractivity contribution in [2.24, 2.45) is 0 Å². The summed E-state index contributed by atoms with van der Waals surface area (Å²) < 4.78 is 11.9. The van der Waals surface area contributed by atoms with Crippen LogP contribution in [0.15, 0.2) is 112 Å². The predicted octanol–water partition coefficient (Wildman–Crippen LogP) is 7.75. The van der Waals surface area contributed by atoms with E-state index in [9.17, 15) is 0 Å².